The highest BCUT2D eigenvalue weighted by Crippen LogP contribution is 2.25. The minimum Gasteiger partial charge on any atom is -0.370 e. The van der Waals surface area contributed by atoms with Crippen LogP contribution in [0.1, 0.15) is 18.1 Å². The molecule has 21 heavy (non-hydrogen) atoms. The molecule has 0 aromatic carbocycles. The summed E-state index contributed by atoms with van der Waals surface area (Å²) in [6.45, 7) is 0.572. The fourth-order valence-corrected chi connectivity index (χ4v) is 2.36. The summed E-state index contributed by atoms with van der Waals surface area (Å²) in [6, 6.07) is 1.78. The van der Waals surface area contributed by atoms with Crippen LogP contribution in [0.2, 0.25) is 0 Å². The number of halogens is 5. The van der Waals surface area contributed by atoms with Gasteiger partial charge in [0.1, 0.15) is 17.9 Å². The average Bonchev–Trinajstić information content (AvgIpc) is 2.71. The summed E-state index contributed by atoms with van der Waals surface area (Å²) in [7, 11) is 0. The van der Waals surface area contributed by atoms with Gasteiger partial charge in [-0.1, -0.05) is 0 Å². The third-order valence-electron chi connectivity index (χ3n) is 2.66. The van der Waals surface area contributed by atoms with Gasteiger partial charge in [0.25, 0.3) is 0 Å². The molecule has 2 rings (SSSR count). The van der Waals surface area contributed by atoms with Crippen LogP contribution < -0.4 is 0 Å². The molecule has 4 nitrogen and oxygen atoms in total. The molecule has 2 aromatic rings. The van der Waals surface area contributed by atoms with Crippen molar-refractivity contribution in [3.8, 4) is 0 Å². The summed E-state index contributed by atoms with van der Waals surface area (Å²) in [5.74, 6) is 0.549. The topological polar surface area (TPSA) is 39.9 Å². The van der Waals surface area contributed by atoms with Crippen LogP contribution in [-0.4, -0.2) is 33.9 Å². The Morgan fingerprint density at radius 2 is 2.19 bits per heavy atom. The van der Waals surface area contributed by atoms with E-state index in [2.05, 4.69) is 30.6 Å². The number of hydrogen-bond acceptors (Lipinski definition) is 3. The second kappa shape index (κ2) is 6.50. The second-order valence-corrected chi connectivity index (χ2v) is 5.97. The molecule has 0 aliphatic rings. The molecule has 0 bridgehead atoms. The highest BCUT2D eigenvalue weighted by atomic mass is 79.9. The zero-order valence-electron chi connectivity index (χ0n) is 11.0. The molecule has 2 aromatic heterocycles. The fraction of sp³-hybridized carbons (Fsp3) is 0.500. The molecule has 1 unspecified atom stereocenters. The standard InChI is InChI=1S/C12H12BrClF3N3O/c1-7(14)10-19-9-4-8(13)5-18-11(9)20(10)2-3-21-6-12(15,16)17/h4-5,7H,2-3,6H2,1H3. The number of alkyl halides is 4. The SMILES string of the molecule is CC(Cl)c1nc2cc(Br)cnc2n1CCOCC(F)(F)F. The molecule has 0 spiro atoms. The Kier molecular flexibility index (Phi) is 5.11. The van der Waals surface area contributed by atoms with Gasteiger partial charge in [0.2, 0.25) is 0 Å². The van der Waals surface area contributed by atoms with E-state index < -0.39 is 12.8 Å². The van der Waals surface area contributed by atoms with Crippen LogP contribution in [0.4, 0.5) is 13.2 Å². The Morgan fingerprint density at radius 1 is 1.48 bits per heavy atom. The third-order valence-corrected chi connectivity index (χ3v) is 3.29. The van der Waals surface area contributed by atoms with Crippen molar-refractivity contribution in [1.82, 2.24) is 14.5 Å². The van der Waals surface area contributed by atoms with Gasteiger partial charge >= 0.3 is 6.18 Å². The van der Waals surface area contributed by atoms with Crippen molar-refractivity contribution in [2.45, 2.75) is 25.0 Å². The maximum atomic E-state index is 12.0. The van der Waals surface area contributed by atoms with E-state index in [1.54, 1.807) is 23.8 Å². The van der Waals surface area contributed by atoms with E-state index in [1.165, 1.54) is 0 Å². The smallest absolute Gasteiger partial charge is 0.370 e. The lowest BCUT2D eigenvalue weighted by Gasteiger charge is -2.11. The number of hydrogen-bond donors (Lipinski definition) is 0. The zero-order chi connectivity index (χ0) is 15.6. The Bertz CT molecular complexity index is 630. The molecule has 0 N–H and O–H groups in total. The van der Waals surface area contributed by atoms with E-state index in [-0.39, 0.29) is 18.5 Å². The highest BCUT2D eigenvalue weighted by Gasteiger charge is 2.27. The predicted octanol–water partition coefficient (Wildman–Crippen LogP) is 4.07. The molecule has 0 radical (unpaired) electrons. The average molecular weight is 387 g/mol. The van der Waals surface area contributed by atoms with Crippen LogP contribution in [-0.2, 0) is 11.3 Å². The molecule has 0 aliphatic carbocycles. The first-order valence-corrected chi connectivity index (χ1v) is 7.31. The van der Waals surface area contributed by atoms with E-state index in [9.17, 15) is 13.2 Å². The lowest BCUT2D eigenvalue weighted by atomic mass is 10.4. The van der Waals surface area contributed by atoms with Crippen LogP contribution >= 0.6 is 27.5 Å². The maximum Gasteiger partial charge on any atom is 0.411 e. The first-order valence-electron chi connectivity index (χ1n) is 6.08. The summed E-state index contributed by atoms with van der Waals surface area (Å²) in [5.41, 5.74) is 1.19. The molecule has 9 heteroatoms. The highest BCUT2D eigenvalue weighted by molar-refractivity contribution is 9.10. The molecule has 0 fully saturated rings. The summed E-state index contributed by atoms with van der Waals surface area (Å²) in [4.78, 5) is 8.59. The monoisotopic (exact) mass is 385 g/mol. The number of fused-ring (bicyclic) bond motifs is 1. The summed E-state index contributed by atoms with van der Waals surface area (Å²) in [6.07, 6.45) is -2.73. The van der Waals surface area contributed by atoms with Crippen LogP contribution in [0, 0.1) is 0 Å². The van der Waals surface area contributed by atoms with E-state index in [4.69, 9.17) is 11.6 Å². The molecular formula is C12H12BrClF3N3O. The van der Waals surface area contributed by atoms with Crippen LogP contribution in [0.5, 0.6) is 0 Å². The van der Waals surface area contributed by atoms with Gasteiger partial charge in [-0.25, -0.2) is 9.97 Å². The first-order chi connectivity index (χ1) is 9.78. The van der Waals surface area contributed by atoms with Gasteiger partial charge < -0.3 is 9.30 Å². The number of imidazole rings is 1. The van der Waals surface area contributed by atoms with Crippen molar-refractivity contribution in [2.24, 2.45) is 0 Å². The van der Waals surface area contributed by atoms with E-state index in [0.717, 1.165) is 4.47 Å². The van der Waals surface area contributed by atoms with Gasteiger partial charge in [-0.3, -0.25) is 0 Å². The molecule has 0 saturated carbocycles. The van der Waals surface area contributed by atoms with E-state index in [1.807, 2.05) is 0 Å². The summed E-state index contributed by atoms with van der Waals surface area (Å²) < 4.78 is 43.2. The number of pyridine rings is 1. The molecule has 1 atom stereocenters. The van der Waals surface area contributed by atoms with Gasteiger partial charge in [-0.2, -0.15) is 13.2 Å². The quantitative estimate of drug-likeness (QED) is 0.574. The van der Waals surface area contributed by atoms with Crippen LogP contribution in [0.3, 0.4) is 0 Å². The molecule has 0 aliphatic heterocycles. The third kappa shape index (κ3) is 4.31. The zero-order valence-corrected chi connectivity index (χ0v) is 13.3. The van der Waals surface area contributed by atoms with Gasteiger partial charge in [0, 0.05) is 17.2 Å². The Morgan fingerprint density at radius 3 is 2.81 bits per heavy atom. The summed E-state index contributed by atoms with van der Waals surface area (Å²) in [5, 5.41) is -0.388. The Balaban J connectivity index is 2.19. The van der Waals surface area contributed by atoms with Crippen molar-refractivity contribution in [3.63, 3.8) is 0 Å². The molecule has 2 heterocycles. The fourth-order valence-electron chi connectivity index (χ4n) is 1.87. The number of ether oxygens (including phenoxy) is 1. The predicted molar refractivity (Wildman–Crippen MR) is 76.4 cm³/mol. The Labute approximate surface area is 132 Å². The van der Waals surface area contributed by atoms with Gasteiger partial charge in [0.15, 0.2) is 5.65 Å². The van der Waals surface area contributed by atoms with Crippen molar-refractivity contribution in [2.75, 3.05) is 13.2 Å². The second-order valence-electron chi connectivity index (χ2n) is 4.40. The first kappa shape index (κ1) is 16.5. The minimum atomic E-state index is -4.33. The molecule has 0 amide bonds. The van der Waals surface area contributed by atoms with Crippen molar-refractivity contribution in [1.29, 1.82) is 0 Å². The van der Waals surface area contributed by atoms with E-state index in [0.29, 0.717) is 17.0 Å². The van der Waals surface area contributed by atoms with Crippen molar-refractivity contribution >= 4 is 38.7 Å². The number of nitrogens with zero attached hydrogens (tertiary/aromatic N) is 3. The molecule has 0 saturated heterocycles. The van der Waals surface area contributed by atoms with Crippen molar-refractivity contribution in [3.05, 3.63) is 22.6 Å². The lowest BCUT2D eigenvalue weighted by Crippen LogP contribution is -2.19. The van der Waals surface area contributed by atoms with Crippen LogP contribution in [0.25, 0.3) is 11.2 Å². The Hall–Kier alpha value is -0.860. The largest absolute Gasteiger partial charge is 0.411 e. The molecular weight excluding hydrogens is 375 g/mol. The van der Waals surface area contributed by atoms with E-state index >= 15 is 0 Å². The van der Waals surface area contributed by atoms with Crippen molar-refractivity contribution < 1.29 is 17.9 Å². The normalized spacial score (nSPS) is 13.8. The molecule has 116 valence electrons. The minimum absolute atomic E-state index is 0.0979. The van der Waals surface area contributed by atoms with Gasteiger partial charge in [-0.15, -0.1) is 11.6 Å². The summed E-state index contributed by atoms with van der Waals surface area (Å²) >= 11 is 9.36. The van der Waals surface area contributed by atoms with Crippen LogP contribution in [0.15, 0.2) is 16.7 Å². The van der Waals surface area contributed by atoms with Gasteiger partial charge in [0.05, 0.1) is 12.0 Å². The maximum absolute atomic E-state index is 12.0. The number of rotatable bonds is 5. The lowest BCUT2D eigenvalue weighted by molar-refractivity contribution is -0.174. The van der Waals surface area contributed by atoms with Gasteiger partial charge in [-0.05, 0) is 28.9 Å². The number of aromatic nitrogens is 3.